The Kier molecular flexibility index (Phi) is 3.41. The molecule has 0 saturated carbocycles. The van der Waals surface area contributed by atoms with E-state index in [1.165, 1.54) is 11.3 Å². The second-order valence-electron chi connectivity index (χ2n) is 3.42. The molecule has 0 aliphatic carbocycles. The number of hydrogen-bond donors (Lipinski definition) is 1. The largest absolute Gasteiger partial charge is 0.325 e. The number of nitrogens with one attached hydrogen (secondary N) is 1. The Morgan fingerprint density at radius 1 is 1.56 bits per heavy atom. The van der Waals surface area contributed by atoms with Gasteiger partial charge in [-0.25, -0.2) is 4.98 Å². The standard InChI is InChI=1S/C11H11ClN2OS/c1-2-3-9(15)14-8-5-4-7(12)10-11(8)16-6-13-10/h4-6H,2-3H2,1H3,(H,14,15). The third kappa shape index (κ3) is 2.18. The number of fused-ring (bicyclic) bond motifs is 1. The van der Waals surface area contributed by atoms with Crippen molar-refractivity contribution in [3.05, 3.63) is 22.7 Å². The van der Waals surface area contributed by atoms with Crippen LogP contribution in [0, 0.1) is 0 Å². The van der Waals surface area contributed by atoms with E-state index in [4.69, 9.17) is 11.6 Å². The Morgan fingerprint density at radius 3 is 3.12 bits per heavy atom. The van der Waals surface area contributed by atoms with Gasteiger partial charge in [0.1, 0.15) is 5.52 Å². The van der Waals surface area contributed by atoms with Crippen LogP contribution in [-0.2, 0) is 4.79 Å². The van der Waals surface area contributed by atoms with Crippen LogP contribution in [-0.4, -0.2) is 10.9 Å². The number of carbonyl (C=O) groups excluding carboxylic acids is 1. The van der Waals surface area contributed by atoms with Gasteiger partial charge in [0.2, 0.25) is 5.91 Å². The summed E-state index contributed by atoms with van der Waals surface area (Å²) in [5.74, 6) is 0.0273. The molecule has 0 aliphatic rings. The van der Waals surface area contributed by atoms with Crippen LogP contribution >= 0.6 is 22.9 Å². The third-order valence-electron chi connectivity index (χ3n) is 2.19. The molecule has 0 aliphatic heterocycles. The van der Waals surface area contributed by atoms with E-state index in [0.717, 1.165) is 22.3 Å². The fourth-order valence-corrected chi connectivity index (χ4v) is 2.50. The molecule has 0 saturated heterocycles. The molecule has 1 N–H and O–H groups in total. The molecule has 2 rings (SSSR count). The molecular formula is C11H11ClN2OS. The summed E-state index contributed by atoms with van der Waals surface area (Å²) in [6.07, 6.45) is 1.37. The average Bonchev–Trinajstić information content (AvgIpc) is 2.72. The van der Waals surface area contributed by atoms with E-state index in [1.54, 1.807) is 11.6 Å². The fraction of sp³-hybridized carbons (Fsp3) is 0.273. The highest BCUT2D eigenvalue weighted by Gasteiger charge is 2.09. The van der Waals surface area contributed by atoms with Gasteiger partial charge in [-0.3, -0.25) is 4.79 Å². The summed E-state index contributed by atoms with van der Waals surface area (Å²) in [6.45, 7) is 1.98. The third-order valence-corrected chi connectivity index (χ3v) is 3.35. The summed E-state index contributed by atoms with van der Waals surface area (Å²) in [5.41, 5.74) is 3.27. The van der Waals surface area contributed by atoms with Crippen LogP contribution in [0.15, 0.2) is 17.6 Å². The number of aromatic nitrogens is 1. The normalized spacial score (nSPS) is 10.6. The van der Waals surface area contributed by atoms with E-state index in [-0.39, 0.29) is 5.91 Å². The highest BCUT2D eigenvalue weighted by molar-refractivity contribution is 7.17. The van der Waals surface area contributed by atoms with Gasteiger partial charge in [0.25, 0.3) is 0 Å². The van der Waals surface area contributed by atoms with E-state index in [2.05, 4.69) is 10.3 Å². The van der Waals surface area contributed by atoms with Gasteiger partial charge in [-0.1, -0.05) is 18.5 Å². The summed E-state index contributed by atoms with van der Waals surface area (Å²) in [7, 11) is 0. The molecule has 0 atom stereocenters. The molecule has 84 valence electrons. The topological polar surface area (TPSA) is 42.0 Å². The summed E-state index contributed by atoms with van der Waals surface area (Å²) in [6, 6.07) is 3.57. The van der Waals surface area contributed by atoms with Crippen LogP contribution in [0.1, 0.15) is 19.8 Å². The molecular weight excluding hydrogens is 244 g/mol. The quantitative estimate of drug-likeness (QED) is 0.908. The Balaban J connectivity index is 2.34. The van der Waals surface area contributed by atoms with E-state index in [0.29, 0.717) is 11.4 Å². The van der Waals surface area contributed by atoms with Gasteiger partial charge < -0.3 is 5.32 Å². The van der Waals surface area contributed by atoms with Crippen LogP contribution in [0.25, 0.3) is 10.2 Å². The first-order chi connectivity index (χ1) is 7.72. The molecule has 0 spiro atoms. The van der Waals surface area contributed by atoms with Crippen molar-refractivity contribution in [2.24, 2.45) is 0 Å². The van der Waals surface area contributed by atoms with Gasteiger partial charge >= 0.3 is 0 Å². The molecule has 0 radical (unpaired) electrons. The predicted molar refractivity (Wildman–Crippen MR) is 68.2 cm³/mol. The lowest BCUT2D eigenvalue weighted by Crippen LogP contribution is -2.10. The van der Waals surface area contributed by atoms with Gasteiger partial charge in [-0.15, -0.1) is 11.3 Å². The lowest BCUT2D eigenvalue weighted by atomic mass is 10.2. The van der Waals surface area contributed by atoms with Crippen molar-refractivity contribution in [3.8, 4) is 0 Å². The Hall–Kier alpha value is -1.13. The Morgan fingerprint density at radius 2 is 2.38 bits per heavy atom. The van der Waals surface area contributed by atoms with Crippen LogP contribution in [0.4, 0.5) is 5.69 Å². The maximum Gasteiger partial charge on any atom is 0.224 e. The zero-order valence-electron chi connectivity index (χ0n) is 8.79. The molecule has 1 aromatic carbocycles. The van der Waals surface area contributed by atoms with Crippen molar-refractivity contribution >= 4 is 44.7 Å². The predicted octanol–water partition coefficient (Wildman–Crippen LogP) is 3.69. The van der Waals surface area contributed by atoms with E-state index >= 15 is 0 Å². The number of carbonyl (C=O) groups is 1. The van der Waals surface area contributed by atoms with Gasteiger partial charge in [-0.05, 0) is 18.6 Å². The average molecular weight is 255 g/mol. The minimum atomic E-state index is 0.0273. The number of thiazole rings is 1. The maximum atomic E-state index is 11.5. The molecule has 5 heteroatoms. The molecule has 0 unspecified atom stereocenters. The van der Waals surface area contributed by atoms with Crippen molar-refractivity contribution in [2.45, 2.75) is 19.8 Å². The monoisotopic (exact) mass is 254 g/mol. The molecule has 0 bridgehead atoms. The summed E-state index contributed by atoms with van der Waals surface area (Å²) in [5, 5.41) is 3.49. The lowest BCUT2D eigenvalue weighted by molar-refractivity contribution is -0.116. The smallest absolute Gasteiger partial charge is 0.224 e. The number of benzene rings is 1. The molecule has 16 heavy (non-hydrogen) atoms. The molecule has 3 nitrogen and oxygen atoms in total. The second-order valence-corrected chi connectivity index (χ2v) is 4.69. The lowest BCUT2D eigenvalue weighted by Gasteiger charge is -2.05. The summed E-state index contributed by atoms with van der Waals surface area (Å²) in [4.78, 5) is 15.7. The van der Waals surface area contributed by atoms with Gasteiger partial charge in [0.05, 0.1) is 20.9 Å². The molecule has 1 amide bonds. The minimum Gasteiger partial charge on any atom is -0.325 e. The highest BCUT2D eigenvalue weighted by Crippen LogP contribution is 2.32. The first-order valence-corrected chi connectivity index (χ1v) is 6.29. The maximum absolute atomic E-state index is 11.5. The number of nitrogens with zero attached hydrogens (tertiary/aromatic N) is 1. The zero-order valence-corrected chi connectivity index (χ0v) is 10.4. The van der Waals surface area contributed by atoms with Crippen molar-refractivity contribution in [1.29, 1.82) is 0 Å². The number of halogens is 1. The van der Waals surface area contributed by atoms with Crippen LogP contribution in [0.2, 0.25) is 5.02 Å². The van der Waals surface area contributed by atoms with Gasteiger partial charge in [0, 0.05) is 6.42 Å². The second kappa shape index (κ2) is 4.80. The molecule has 2 aromatic rings. The molecule has 1 heterocycles. The zero-order chi connectivity index (χ0) is 11.5. The Labute approximate surface area is 102 Å². The van der Waals surface area contributed by atoms with Crippen LogP contribution in [0.3, 0.4) is 0 Å². The number of amides is 1. The first-order valence-electron chi connectivity index (χ1n) is 5.04. The fourth-order valence-electron chi connectivity index (χ4n) is 1.46. The van der Waals surface area contributed by atoms with Crippen LogP contribution < -0.4 is 5.32 Å². The Bertz CT molecular complexity index is 524. The van der Waals surface area contributed by atoms with Crippen LogP contribution in [0.5, 0.6) is 0 Å². The minimum absolute atomic E-state index is 0.0273. The summed E-state index contributed by atoms with van der Waals surface area (Å²) >= 11 is 7.48. The van der Waals surface area contributed by atoms with E-state index in [9.17, 15) is 4.79 Å². The molecule has 1 aromatic heterocycles. The highest BCUT2D eigenvalue weighted by atomic mass is 35.5. The molecule has 0 fully saturated rings. The number of anilines is 1. The first kappa shape index (κ1) is 11.4. The van der Waals surface area contributed by atoms with E-state index < -0.39 is 0 Å². The van der Waals surface area contributed by atoms with E-state index in [1.807, 2.05) is 13.0 Å². The van der Waals surface area contributed by atoms with Crippen molar-refractivity contribution in [3.63, 3.8) is 0 Å². The summed E-state index contributed by atoms with van der Waals surface area (Å²) < 4.78 is 0.928. The van der Waals surface area contributed by atoms with Crippen molar-refractivity contribution in [1.82, 2.24) is 4.98 Å². The van der Waals surface area contributed by atoms with Gasteiger partial charge in [0.15, 0.2) is 0 Å². The number of rotatable bonds is 3. The van der Waals surface area contributed by atoms with Crippen molar-refractivity contribution < 1.29 is 4.79 Å². The number of hydrogen-bond acceptors (Lipinski definition) is 3. The SMILES string of the molecule is CCCC(=O)Nc1ccc(Cl)c2ncsc12. The van der Waals surface area contributed by atoms with Gasteiger partial charge in [-0.2, -0.15) is 0 Å². The van der Waals surface area contributed by atoms with Crippen molar-refractivity contribution in [2.75, 3.05) is 5.32 Å².